The molecule has 1 amide bonds. The van der Waals surface area contributed by atoms with E-state index in [1.165, 1.54) is 5.56 Å². The second kappa shape index (κ2) is 7.93. The molecule has 2 aromatic rings. The number of carbonyl (C=O) groups is 1. The van der Waals surface area contributed by atoms with Gasteiger partial charge in [0, 0.05) is 44.3 Å². The molecule has 1 unspecified atom stereocenters. The highest BCUT2D eigenvalue weighted by atomic mass is 16.1. The number of pyridine rings is 1. The number of hydrogen-bond donors (Lipinski definition) is 2. The van der Waals surface area contributed by atoms with Crippen molar-refractivity contribution in [2.24, 2.45) is 0 Å². The first-order valence-corrected chi connectivity index (χ1v) is 8.45. The van der Waals surface area contributed by atoms with Crippen LogP contribution in [0.4, 0.5) is 5.69 Å². The number of benzene rings is 1. The first-order valence-electron chi connectivity index (χ1n) is 8.45. The molecule has 1 aromatic carbocycles. The van der Waals surface area contributed by atoms with Crippen molar-refractivity contribution >= 4 is 11.6 Å². The summed E-state index contributed by atoms with van der Waals surface area (Å²) in [6, 6.07) is 12.5. The number of aromatic nitrogens is 1. The molecule has 126 valence electrons. The van der Waals surface area contributed by atoms with Gasteiger partial charge in [0.2, 0.25) is 0 Å². The molecule has 1 aromatic heterocycles. The highest BCUT2D eigenvalue weighted by Crippen LogP contribution is 2.16. The molecule has 3 rings (SSSR count). The lowest BCUT2D eigenvalue weighted by Gasteiger charge is -2.33. The molecule has 1 aliphatic heterocycles. The molecule has 1 fully saturated rings. The van der Waals surface area contributed by atoms with Gasteiger partial charge in [0.25, 0.3) is 5.91 Å². The van der Waals surface area contributed by atoms with Gasteiger partial charge >= 0.3 is 0 Å². The van der Waals surface area contributed by atoms with E-state index in [4.69, 9.17) is 0 Å². The third-order valence-electron chi connectivity index (χ3n) is 4.42. The van der Waals surface area contributed by atoms with E-state index in [1.54, 1.807) is 12.4 Å². The summed E-state index contributed by atoms with van der Waals surface area (Å²) >= 11 is 0. The van der Waals surface area contributed by atoms with Gasteiger partial charge in [-0.05, 0) is 31.0 Å². The Labute approximate surface area is 143 Å². The minimum atomic E-state index is -0.0565. The summed E-state index contributed by atoms with van der Waals surface area (Å²) in [6.07, 6.45) is 5.42. The van der Waals surface area contributed by atoms with E-state index in [1.807, 2.05) is 19.2 Å². The molecular formula is C19H24N4O. The molecule has 1 saturated heterocycles. The SMILES string of the molecule is CNc1ccncc1C(=O)NC1CCCN(Cc2ccccc2)C1. The molecule has 1 aliphatic rings. The fourth-order valence-electron chi connectivity index (χ4n) is 3.22. The van der Waals surface area contributed by atoms with E-state index >= 15 is 0 Å². The quantitative estimate of drug-likeness (QED) is 0.887. The highest BCUT2D eigenvalue weighted by Gasteiger charge is 2.22. The normalized spacial score (nSPS) is 18.1. The summed E-state index contributed by atoms with van der Waals surface area (Å²) in [5.41, 5.74) is 2.72. The topological polar surface area (TPSA) is 57.3 Å². The largest absolute Gasteiger partial charge is 0.387 e. The number of anilines is 1. The summed E-state index contributed by atoms with van der Waals surface area (Å²) in [7, 11) is 1.81. The molecule has 5 nitrogen and oxygen atoms in total. The summed E-state index contributed by atoms with van der Waals surface area (Å²) in [5, 5.41) is 6.21. The van der Waals surface area contributed by atoms with Crippen LogP contribution < -0.4 is 10.6 Å². The van der Waals surface area contributed by atoms with Gasteiger partial charge in [-0.25, -0.2) is 0 Å². The van der Waals surface area contributed by atoms with Gasteiger partial charge in [-0.2, -0.15) is 0 Å². The van der Waals surface area contributed by atoms with Gasteiger partial charge in [-0.1, -0.05) is 30.3 Å². The molecule has 0 spiro atoms. The van der Waals surface area contributed by atoms with Crippen molar-refractivity contribution in [3.05, 3.63) is 59.9 Å². The van der Waals surface area contributed by atoms with E-state index in [0.717, 1.165) is 38.2 Å². The van der Waals surface area contributed by atoms with Crippen molar-refractivity contribution in [2.75, 3.05) is 25.5 Å². The number of nitrogens with zero attached hydrogens (tertiary/aromatic N) is 2. The minimum absolute atomic E-state index is 0.0565. The van der Waals surface area contributed by atoms with E-state index in [9.17, 15) is 4.79 Å². The number of rotatable bonds is 5. The second-order valence-corrected chi connectivity index (χ2v) is 6.20. The molecule has 24 heavy (non-hydrogen) atoms. The van der Waals surface area contributed by atoms with Gasteiger partial charge in [0.1, 0.15) is 0 Å². The number of hydrogen-bond acceptors (Lipinski definition) is 4. The zero-order valence-corrected chi connectivity index (χ0v) is 14.0. The summed E-state index contributed by atoms with van der Waals surface area (Å²) in [5.74, 6) is -0.0565. The first-order chi connectivity index (χ1) is 11.8. The van der Waals surface area contributed by atoms with E-state index in [0.29, 0.717) is 5.56 Å². The predicted molar refractivity (Wildman–Crippen MR) is 96.0 cm³/mol. The fraction of sp³-hybridized carbons (Fsp3) is 0.368. The maximum absolute atomic E-state index is 12.5. The number of carbonyl (C=O) groups excluding carboxylic acids is 1. The number of nitrogens with one attached hydrogen (secondary N) is 2. The minimum Gasteiger partial charge on any atom is -0.387 e. The molecule has 0 radical (unpaired) electrons. The third kappa shape index (κ3) is 4.11. The van der Waals surface area contributed by atoms with Crippen molar-refractivity contribution in [2.45, 2.75) is 25.4 Å². The van der Waals surface area contributed by atoms with Crippen LogP contribution in [0.25, 0.3) is 0 Å². The van der Waals surface area contributed by atoms with Crippen LogP contribution in [0.2, 0.25) is 0 Å². The smallest absolute Gasteiger partial charge is 0.255 e. The van der Waals surface area contributed by atoms with Crippen LogP contribution in [0.3, 0.4) is 0 Å². The maximum atomic E-state index is 12.5. The Morgan fingerprint density at radius 2 is 2.12 bits per heavy atom. The Hall–Kier alpha value is -2.40. The van der Waals surface area contributed by atoms with Crippen LogP contribution in [0, 0.1) is 0 Å². The van der Waals surface area contributed by atoms with E-state index in [2.05, 4.69) is 44.8 Å². The second-order valence-electron chi connectivity index (χ2n) is 6.20. The van der Waals surface area contributed by atoms with Crippen LogP contribution in [-0.2, 0) is 6.54 Å². The van der Waals surface area contributed by atoms with Crippen molar-refractivity contribution in [1.29, 1.82) is 0 Å². The Morgan fingerprint density at radius 1 is 1.29 bits per heavy atom. The summed E-state index contributed by atoms with van der Waals surface area (Å²) < 4.78 is 0. The van der Waals surface area contributed by atoms with Crippen LogP contribution in [-0.4, -0.2) is 42.0 Å². The Balaban J connectivity index is 1.60. The van der Waals surface area contributed by atoms with Crippen molar-refractivity contribution < 1.29 is 4.79 Å². The molecule has 0 bridgehead atoms. The lowest BCUT2D eigenvalue weighted by molar-refractivity contribution is 0.0901. The van der Waals surface area contributed by atoms with E-state index in [-0.39, 0.29) is 11.9 Å². The monoisotopic (exact) mass is 324 g/mol. The van der Waals surface area contributed by atoms with Gasteiger partial charge in [-0.15, -0.1) is 0 Å². The van der Waals surface area contributed by atoms with Gasteiger partial charge in [0.05, 0.1) is 5.56 Å². The third-order valence-corrected chi connectivity index (χ3v) is 4.42. The number of likely N-dealkylation sites (tertiary alicyclic amines) is 1. The average molecular weight is 324 g/mol. The summed E-state index contributed by atoms with van der Waals surface area (Å²) in [6.45, 7) is 2.90. The Morgan fingerprint density at radius 3 is 2.92 bits per heavy atom. The maximum Gasteiger partial charge on any atom is 0.255 e. The first kappa shape index (κ1) is 16.5. The van der Waals surface area contributed by atoms with Gasteiger partial charge in [-0.3, -0.25) is 14.7 Å². The van der Waals surface area contributed by atoms with E-state index < -0.39 is 0 Å². The fourth-order valence-corrected chi connectivity index (χ4v) is 3.22. The van der Waals surface area contributed by atoms with Gasteiger partial charge < -0.3 is 10.6 Å². The highest BCUT2D eigenvalue weighted by molar-refractivity contribution is 5.99. The zero-order chi connectivity index (χ0) is 16.8. The molecule has 1 atom stereocenters. The molecule has 2 N–H and O–H groups in total. The van der Waals surface area contributed by atoms with Crippen molar-refractivity contribution in [3.63, 3.8) is 0 Å². The molecular weight excluding hydrogens is 300 g/mol. The summed E-state index contributed by atoms with van der Waals surface area (Å²) in [4.78, 5) is 19.0. The lowest BCUT2D eigenvalue weighted by atomic mass is 10.0. The van der Waals surface area contributed by atoms with Crippen LogP contribution in [0.5, 0.6) is 0 Å². The molecule has 0 aliphatic carbocycles. The Bertz CT molecular complexity index is 674. The van der Waals surface area contributed by atoms with Crippen molar-refractivity contribution in [3.8, 4) is 0 Å². The van der Waals surface area contributed by atoms with Crippen LogP contribution in [0.15, 0.2) is 48.8 Å². The van der Waals surface area contributed by atoms with Gasteiger partial charge in [0.15, 0.2) is 0 Å². The molecule has 2 heterocycles. The predicted octanol–water partition coefficient (Wildman–Crippen LogP) is 2.52. The standard InChI is InChI=1S/C19H24N4O/c1-20-18-9-10-21-12-17(18)19(24)22-16-8-5-11-23(14-16)13-15-6-3-2-4-7-15/h2-4,6-7,9-10,12,16H,5,8,11,13-14H2,1H3,(H,20,21)(H,22,24). The average Bonchev–Trinajstić information content (AvgIpc) is 2.63. The number of amides is 1. The molecule has 5 heteroatoms. The zero-order valence-electron chi connectivity index (χ0n) is 14.0. The van der Waals surface area contributed by atoms with Crippen LogP contribution in [0.1, 0.15) is 28.8 Å². The van der Waals surface area contributed by atoms with Crippen LogP contribution >= 0.6 is 0 Å². The molecule has 0 saturated carbocycles. The Kier molecular flexibility index (Phi) is 5.43. The number of piperidine rings is 1. The van der Waals surface area contributed by atoms with Crippen molar-refractivity contribution in [1.82, 2.24) is 15.2 Å². The lowest BCUT2D eigenvalue weighted by Crippen LogP contribution is -2.47.